The Labute approximate surface area is 229 Å². The van der Waals surface area contributed by atoms with Crippen molar-refractivity contribution in [2.45, 2.75) is 77.3 Å². The molecular weight excluding hydrogens is 492 g/mol. The maximum atomic E-state index is 13.2. The number of hydrogen-bond donors (Lipinski definition) is 2. The van der Waals surface area contributed by atoms with Gasteiger partial charge in [0.05, 0.1) is 0 Å². The van der Waals surface area contributed by atoms with E-state index in [1.807, 2.05) is 24.3 Å². The van der Waals surface area contributed by atoms with Crippen LogP contribution < -0.4 is 16.0 Å². The van der Waals surface area contributed by atoms with Gasteiger partial charge < -0.3 is 15.5 Å². The van der Waals surface area contributed by atoms with E-state index < -0.39 is 6.04 Å². The Morgan fingerprint density at radius 3 is 2.46 bits per heavy atom. The first kappa shape index (κ1) is 26.9. The molecule has 0 spiro atoms. The van der Waals surface area contributed by atoms with Crippen LogP contribution in [0, 0.1) is 5.92 Å². The smallest absolute Gasteiger partial charge is 0.255 e. The van der Waals surface area contributed by atoms with Crippen LogP contribution in [0.25, 0.3) is 0 Å². The molecule has 2 saturated heterocycles. The van der Waals surface area contributed by atoms with Gasteiger partial charge in [0, 0.05) is 48.4 Å². The van der Waals surface area contributed by atoms with Crippen LogP contribution in [-0.4, -0.2) is 47.7 Å². The molecule has 5 rings (SSSR count). The van der Waals surface area contributed by atoms with Gasteiger partial charge in [-0.3, -0.25) is 24.5 Å². The third-order valence-electron chi connectivity index (χ3n) is 8.51. The normalized spacial score (nSPS) is 20.3. The van der Waals surface area contributed by atoms with Crippen LogP contribution in [0.15, 0.2) is 36.4 Å². The summed E-state index contributed by atoms with van der Waals surface area (Å²) in [5.41, 5.74) is 11.0. The van der Waals surface area contributed by atoms with Gasteiger partial charge in [0.1, 0.15) is 6.04 Å². The van der Waals surface area contributed by atoms with Crippen LogP contribution in [0.5, 0.6) is 0 Å². The molecule has 0 aliphatic carbocycles. The van der Waals surface area contributed by atoms with E-state index in [-0.39, 0.29) is 35.5 Å². The van der Waals surface area contributed by atoms with E-state index in [0.29, 0.717) is 30.0 Å². The number of piperidine rings is 2. The van der Waals surface area contributed by atoms with E-state index >= 15 is 0 Å². The topological polar surface area (TPSA) is 113 Å². The summed E-state index contributed by atoms with van der Waals surface area (Å²) in [5, 5.41) is 2.38. The van der Waals surface area contributed by atoms with Gasteiger partial charge >= 0.3 is 0 Å². The van der Waals surface area contributed by atoms with E-state index in [9.17, 15) is 19.2 Å². The fourth-order valence-corrected chi connectivity index (χ4v) is 6.28. The van der Waals surface area contributed by atoms with Crippen molar-refractivity contribution in [2.75, 3.05) is 18.0 Å². The molecule has 1 unspecified atom stereocenters. The standard InChI is InChI=1S/C31H38N4O4/c1-31(2,3)24-17-20(9-10-22(24)28(32)37)8-7-19-13-15-34(16-14-19)25-6-4-5-21-23(25)18-35(30(21)39)26-11-12-27(36)33-29(26)38/h4-6,9-10,17,19,26H,7-8,11-16,18H2,1-3H3,(H2,32,37)(H,33,36,38). The molecule has 1 atom stereocenters. The Kier molecular flexibility index (Phi) is 7.23. The summed E-state index contributed by atoms with van der Waals surface area (Å²) >= 11 is 0. The lowest BCUT2D eigenvalue weighted by Crippen LogP contribution is -2.52. The lowest BCUT2D eigenvalue weighted by Gasteiger charge is -2.35. The first-order chi connectivity index (χ1) is 18.5. The van der Waals surface area contributed by atoms with Gasteiger partial charge in [-0.2, -0.15) is 0 Å². The second-order valence-electron chi connectivity index (χ2n) is 12.2. The van der Waals surface area contributed by atoms with Crippen molar-refractivity contribution in [2.24, 2.45) is 11.7 Å². The summed E-state index contributed by atoms with van der Waals surface area (Å²) in [6.45, 7) is 8.54. The Hall–Kier alpha value is -3.68. The predicted molar refractivity (Wildman–Crippen MR) is 149 cm³/mol. The Morgan fingerprint density at radius 1 is 1.05 bits per heavy atom. The number of nitrogens with two attached hydrogens (primary N) is 1. The molecule has 39 heavy (non-hydrogen) atoms. The quantitative estimate of drug-likeness (QED) is 0.553. The molecule has 0 saturated carbocycles. The van der Waals surface area contributed by atoms with Crippen LogP contribution in [-0.2, 0) is 28.0 Å². The number of aryl methyl sites for hydroxylation is 1. The summed E-state index contributed by atoms with van der Waals surface area (Å²) in [6, 6.07) is 11.3. The number of nitrogens with one attached hydrogen (secondary N) is 1. The van der Waals surface area contributed by atoms with Crippen molar-refractivity contribution in [1.29, 1.82) is 0 Å². The Bertz CT molecular complexity index is 1320. The molecule has 206 valence electrons. The van der Waals surface area contributed by atoms with Crippen LogP contribution >= 0.6 is 0 Å². The largest absolute Gasteiger partial charge is 0.371 e. The lowest BCUT2D eigenvalue weighted by molar-refractivity contribution is -0.136. The third-order valence-corrected chi connectivity index (χ3v) is 8.51. The number of amides is 4. The number of carbonyl (C=O) groups is 4. The highest BCUT2D eigenvalue weighted by molar-refractivity contribution is 6.06. The summed E-state index contributed by atoms with van der Waals surface area (Å²) in [4.78, 5) is 53.1. The van der Waals surface area contributed by atoms with Gasteiger partial charge in [-0.1, -0.05) is 39.0 Å². The number of anilines is 1. The van der Waals surface area contributed by atoms with Gasteiger partial charge in [-0.05, 0) is 72.8 Å². The average Bonchev–Trinajstić information content (AvgIpc) is 3.23. The van der Waals surface area contributed by atoms with Crippen LogP contribution in [0.4, 0.5) is 5.69 Å². The van der Waals surface area contributed by atoms with Gasteiger partial charge in [-0.15, -0.1) is 0 Å². The molecule has 8 heteroatoms. The predicted octanol–water partition coefficient (Wildman–Crippen LogP) is 3.69. The number of nitrogens with zero attached hydrogens (tertiary/aromatic N) is 2. The summed E-state index contributed by atoms with van der Waals surface area (Å²) < 4.78 is 0. The Balaban J connectivity index is 1.22. The number of primary amides is 1. The second-order valence-corrected chi connectivity index (χ2v) is 12.2. The lowest BCUT2D eigenvalue weighted by atomic mass is 9.81. The van der Waals surface area contributed by atoms with E-state index in [1.165, 1.54) is 5.56 Å². The minimum absolute atomic E-state index is 0.131. The molecule has 2 fully saturated rings. The number of fused-ring (bicyclic) bond motifs is 1. The highest BCUT2D eigenvalue weighted by atomic mass is 16.2. The molecule has 0 bridgehead atoms. The zero-order chi connectivity index (χ0) is 27.9. The number of rotatable bonds is 6. The van der Waals surface area contributed by atoms with Crippen LogP contribution in [0.2, 0.25) is 0 Å². The molecule has 2 aromatic rings. The van der Waals surface area contributed by atoms with Crippen molar-refractivity contribution in [3.05, 3.63) is 64.2 Å². The van der Waals surface area contributed by atoms with E-state index in [4.69, 9.17) is 5.73 Å². The summed E-state index contributed by atoms with van der Waals surface area (Å²) in [5.74, 6) is -0.565. The van der Waals surface area contributed by atoms with Crippen molar-refractivity contribution in [3.63, 3.8) is 0 Å². The first-order valence-electron chi connectivity index (χ1n) is 14.0. The van der Waals surface area contributed by atoms with Gasteiger partial charge in [0.25, 0.3) is 5.91 Å². The highest BCUT2D eigenvalue weighted by Crippen LogP contribution is 2.36. The average molecular weight is 531 g/mol. The summed E-state index contributed by atoms with van der Waals surface area (Å²) in [6.07, 6.45) is 4.81. The molecule has 0 radical (unpaired) electrons. The van der Waals surface area contributed by atoms with Gasteiger partial charge in [-0.25, -0.2) is 0 Å². The Morgan fingerprint density at radius 2 is 1.79 bits per heavy atom. The zero-order valence-electron chi connectivity index (χ0n) is 23.1. The SMILES string of the molecule is CC(C)(C)c1cc(CCC2CCN(c3cccc4c3CN(C3CCC(=O)NC3=O)C4=O)CC2)ccc1C(N)=O. The molecule has 8 nitrogen and oxygen atoms in total. The zero-order valence-corrected chi connectivity index (χ0v) is 23.1. The molecule has 2 aromatic carbocycles. The van der Waals surface area contributed by atoms with Crippen LogP contribution in [0.1, 0.15) is 90.3 Å². The van der Waals surface area contributed by atoms with E-state index in [2.05, 4.69) is 43.1 Å². The monoisotopic (exact) mass is 530 g/mol. The molecule has 3 aliphatic heterocycles. The van der Waals surface area contributed by atoms with Crippen molar-refractivity contribution in [3.8, 4) is 0 Å². The summed E-state index contributed by atoms with van der Waals surface area (Å²) in [7, 11) is 0. The van der Waals surface area contributed by atoms with Crippen molar-refractivity contribution in [1.82, 2.24) is 10.2 Å². The first-order valence-corrected chi connectivity index (χ1v) is 14.0. The number of carbonyl (C=O) groups excluding carboxylic acids is 4. The minimum Gasteiger partial charge on any atom is -0.371 e. The second kappa shape index (κ2) is 10.5. The number of hydrogen-bond acceptors (Lipinski definition) is 5. The molecule has 3 aliphatic rings. The maximum Gasteiger partial charge on any atom is 0.255 e. The highest BCUT2D eigenvalue weighted by Gasteiger charge is 2.40. The molecule has 0 aromatic heterocycles. The third kappa shape index (κ3) is 5.42. The fraction of sp³-hybridized carbons (Fsp3) is 0.484. The molecule has 3 N–H and O–H groups in total. The minimum atomic E-state index is -0.600. The van der Waals surface area contributed by atoms with Gasteiger partial charge in [0.2, 0.25) is 17.7 Å². The molecule has 3 heterocycles. The number of imide groups is 1. The fourth-order valence-electron chi connectivity index (χ4n) is 6.28. The van der Waals surface area contributed by atoms with Gasteiger partial charge in [0.15, 0.2) is 0 Å². The molecule has 4 amide bonds. The molecular formula is C31H38N4O4. The van der Waals surface area contributed by atoms with E-state index in [0.717, 1.165) is 55.6 Å². The maximum absolute atomic E-state index is 13.2. The van der Waals surface area contributed by atoms with Crippen molar-refractivity contribution >= 4 is 29.3 Å². The van der Waals surface area contributed by atoms with Crippen molar-refractivity contribution < 1.29 is 19.2 Å². The van der Waals surface area contributed by atoms with E-state index in [1.54, 1.807) is 4.90 Å². The number of benzene rings is 2. The van der Waals surface area contributed by atoms with Crippen LogP contribution in [0.3, 0.4) is 0 Å².